The van der Waals surface area contributed by atoms with Crippen LogP contribution in [0.25, 0.3) is 72.4 Å². The Bertz CT molecular complexity index is 3030. The van der Waals surface area contributed by atoms with Crippen LogP contribution in [0, 0.1) is 25.8 Å². The van der Waals surface area contributed by atoms with Gasteiger partial charge in [-0.2, -0.15) is 0 Å². The molecule has 0 amide bonds. The first-order valence-corrected chi connectivity index (χ1v) is 23.4. The van der Waals surface area contributed by atoms with Crippen molar-refractivity contribution in [2.24, 2.45) is 0 Å². The summed E-state index contributed by atoms with van der Waals surface area (Å²) in [7, 11) is -1.34. The van der Waals surface area contributed by atoms with Gasteiger partial charge in [0.05, 0.1) is 30.5 Å². The van der Waals surface area contributed by atoms with Crippen LogP contribution in [0.4, 0.5) is 0 Å². The van der Waals surface area contributed by atoms with Crippen LogP contribution in [0.2, 0.25) is 19.6 Å². The summed E-state index contributed by atoms with van der Waals surface area (Å²) in [6, 6.07) is 47.9. The SMILES string of the molecule is [2H]C([2H])([2H])c1c[c-]c(-c2ccc([Si](C)(C)C)cn2)cc1.[2H]C([2H])([2H])c1ccc2c(c1)oc1c(-c3nc4ccccc4n3-c3c(C(C)C)cc(-c4ccccc4)cc3C(C)C)[c-]ccc12.[Ir]. The van der Waals surface area contributed by atoms with Crippen molar-refractivity contribution >= 4 is 46.2 Å². The second-order valence-corrected chi connectivity index (χ2v) is 21.6. The second-order valence-electron chi connectivity index (χ2n) is 16.5. The monoisotopic (exact) mass is 972 g/mol. The maximum atomic E-state index is 7.90. The molecule has 1 radical (unpaired) electrons. The molecule has 0 fully saturated rings. The number of para-hydroxylation sites is 2. The zero-order chi connectivity index (χ0) is 45.7. The maximum absolute atomic E-state index is 7.90. The number of pyridine rings is 1. The minimum absolute atomic E-state index is 0. The number of aromatic nitrogens is 3. The predicted octanol–water partition coefficient (Wildman–Crippen LogP) is 14.0. The van der Waals surface area contributed by atoms with Crippen molar-refractivity contribution in [3.05, 3.63) is 168 Å². The molecule has 0 atom stereocenters. The van der Waals surface area contributed by atoms with E-state index in [1.807, 2.05) is 48.7 Å². The molecular weight excluding hydrogens is 915 g/mol. The molecule has 3 aromatic heterocycles. The third kappa shape index (κ3) is 8.40. The smallest absolute Gasteiger partial charge is 0.121 e. The number of nitrogens with zero attached hydrogens (tertiary/aromatic N) is 3. The van der Waals surface area contributed by atoms with E-state index in [9.17, 15) is 0 Å². The van der Waals surface area contributed by atoms with Crippen LogP contribution in [-0.2, 0) is 20.1 Å². The summed E-state index contributed by atoms with van der Waals surface area (Å²) in [5.74, 6) is 1.22. The first-order valence-electron chi connectivity index (χ1n) is 22.9. The third-order valence-electron chi connectivity index (χ3n) is 10.7. The molecule has 0 spiro atoms. The van der Waals surface area contributed by atoms with Gasteiger partial charge in [-0.05, 0) is 87.7 Å². The topological polar surface area (TPSA) is 43.9 Å². The number of rotatable bonds is 7. The van der Waals surface area contributed by atoms with Gasteiger partial charge < -0.3 is 14.0 Å². The molecule has 0 aliphatic rings. The molecule has 0 unspecified atom stereocenters. The van der Waals surface area contributed by atoms with Crippen LogP contribution in [0.5, 0.6) is 0 Å². The summed E-state index contributed by atoms with van der Waals surface area (Å²) >= 11 is 0. The molecule has 0 N–H and O–H groups in total. The minimum atomic E-state index is -2.22. The average molecular weight is 972 g/mol. The van der Waals surface area contributed by atoms with Gasteiger partial charge >= 0.3 is 0 Å². The van der Waals surface area contributed by atoms with Gasteiger partial charge in [-0.25, -0.2) is 0 Å². The number of furan rings is 1. The summed E-state index contributed by atoms with van der Waals surface area (Å²) in [4.78, 5) is 9.67. The van der Waals surface area contributed by atoms with E-state index in [1.54, 1.807) is 24.3 Å². The molecule has 4 nitrogen and oxygen atoms in total. The predicted molar refractivity (Wildman–Crippen MR) is 247 cm³/mol. The summed E-state index contributed by atoms with van der Waals surface area (Å²) in [6.45, 7) is 11.5. The Morgan fingerprint density at radius 3 is 2.07 bits per heavy atom. The van der Waals surface area contributed by atoms with Crippen molar-refractivity contribution in [1.82, 2.24) is 14.5 Å². The Morgan fingerprint density at radius 1 is 0.712 bits per heavy atom. The van der Waals surface area contributed by atoms with E-state index < -0.39 is 21.8 Å². The van der Waals surface area contributed by atoms with Gasteiger partial charge in [0.2, 0.25) is 0 Å². The summed E-state index contributed by atoms with van der Waals surface area (Å²) in [5.41, 5.74) is 12.0. The van der Waals surface area contributed by atoms with Gasteiger partial charge in [-0.3, -0.25) is 4.98 Å². The molecule has 0 bridgehead atoms. The van der Waals surface area contributed by atoms with Crippen molar-refractivity contribution in [1.29, 1.82) is 0 Å². The summed E-state index contributed by atoms with van der Waals surface area (Å²) in [6.07, 6.45) is 1.92. The number of fused-ring (bicyclic) bond motifs is 4. The Labute approximate surface area is 372 Å². The number of aryl methyl sites for hydroxylation is 2. The number of hydrogen-bond acceptors (Lipinski definition) is 3. The summed E-state index contributed by atoms with van der Waals surface area (Å²) in [5, 5.41) is 3.07. The third-order valence-corrected chi connectivity index (χ3v) is 12.7. The van der Waals surface area contributed by atoms with E-state index in [-0.39, 0.29) is 37.5 Å². The van der Waals surface area contributed by atoms with Crippen LogP contribution in [0.1, 0.15) is 70.0 Å². The number of benzene rings is 6. The van der Waals surface area contributed by atoms with E-state index in [0.717, 1.165) is 50.1 Å². The average Bonchev–Trinajstić information content (AvgIpc) is 3.84. The van der Waals surface area contributed by atoms with Crippen LogP contribution < -0.4 is 5.19 Å². The molecule has 0 saturated heterocycles. The fourth-order valence-corrected chi connectivity index (χ4v) is 8.56. The van der Waals surface area contributed by atoms with Crippen LogP contribution in [-0.4, -0.2) is 22.6 Å². The number of hydrogen-bond donors (Lipinski definition) is 0. The van der Waals surface area contributed by atoms with Gasteiger partial charge in [0.25, 0.3) is 0 Å². The molecule has 9 aromatic rings. The van der Waals surface area contributed by atoms with E-state index in [1.165, 1.54) is 33.5 Å². The molecule has 3 heterocycles. The molecule has 0 saturated carbocycles. The van der Waals surface area contributed by atoms with Crippen molar-refractivity contribution in [3.8, 4) is 39.5 Å². The fraction of sp³-hybridized carbons (Fsp3) is 0.208. The molecule has 6 heteroatoms. The minimum Gasteiger partial charge on any atom is -0.501 e. The second kappa shape index (κ2) is 17.1. The molecule has 59 heavy (non-hydrogen) atoms. The van der Waals surface area contributed by atoms with Gasteiger partial charge in [-0.15, -0.1) is 53.6 Å². The first kappa shape index (κ1) is 34.5. The van der Waals surface area contributed by atoms with E-state index >= 15 is 0 Å². The van der Waals surface area contributed by atoms with Crippen LogP contribution in [0.3, 0.4) is 0 Å². The fourth-order valence-electron chi connectivity index (χ4n) is 7.52. The van der Waals surface area contributed by atoms with E-state index in [2.05, 4.69) is 124 Å². The quantitative estimate of drug-likeness (QED) is 0.118. The van der Waals surface area contributed by atoms with Crippen LogP contribution >= 0.6 is 0 Å². The van der Waals surface area contributed by atoms with Gasteiger partial charge in [0.15, 0.2) is 0 Å². The summed E-state index contributed by atoms with van der Waals surface area (Å²) < 4.78 is 54.5. The van der Waals surface area contributed by atoms with Gasteiger partial charge in [-0.1, -0.05) is 132 Å². The molecule has 6 aromatic carbocycles. The normalized spacial score (nSPS) is 13.6. The first-order chi connectivity index (χ1) is 30.3. The van der Waals surface area contributed by atoms with Crippen molar-refractivity contribution in [2.45, 2.75) is 72.9 Å². The maximum Gasteiger partial charge on any atom is 0.121 e. The van der Waals surface area contributed by atoms with E-state index in [4.69, 9.17) is 17.6 Å². The van der Waals surface area contributed by atoms with Gasteiger partial charge in [0, 0.05) is 45.6 Å². The molecule has 0 aliphatic carbocycles. The molecule has 299 valence electrons. The van der Waals surface area contributed by atoms with Crippen molar-refractivity contribution in [3.63, 3.8) is 0 Å². The Hall–Kier alpha value is -5.39. The van der Waals surface area contributed by atoms with Crippen molar-refractivity contribution in [2.75, 3.05) is 0 Å². The number of imidazole rings is 1. The standard InChI is InChI=1S/C38H33N2O.C15H18NSi.Ir/c1-23(2)31-21-27(26-12-7-6-8-13-26)22-32(24(3)4)36(31)40-34-17-10-9-16-33(34)39-38(40)30-15-11-14-29-28-19-18-25(5)20-35(28)41-37(29)30;1-12-5-7-13(8-6-12)15-10-9-14(11-16-15)17(2,3)4;/h6-14,16-24H,1-5H3;5-7,9-11H,1-4H3;/q2*-1;/i5D3;1D3;. The Balaban J connectivity index is 0.000000253. The Morgan fingerprint density at radius 2 is 1.42 bits per heavy atom. The van der Waals surface area contributed by atoms with Gasteiger partial charge in [0.1, 0.15) is 5.58 Å². The largest absolute Gasteiger partial charge is 0.501 e. The zero-order valence-corrected chi connectivity index (χ0v) is 37.8. The molecule has 0 aliphatic heterocycles. The molecular formula is C53H51IrN3OSi-2. The van der Waals surface area contributed by atoms with E-state index in [0.29, 0.717) is 16.7 Å². The van der Waals surface area contributed by atoms with Crippen molar-refractivity contribution < 1.29 is 32.7 Å². The zero-order valence-electron chi connectivity index (χ0n) is 40.4. The Kier molecular flexibility index (Phi) is 9.97. The molecule has 9 rings (SSSR count). The van der Waals surface area contributed by atoms with Crippen LogP contribution in [0.15, 0.2) is 138 Å².